The summed E-state index contributed by atoms with van der Waals surface area (Å²) in [5.41, 5.74) is -0.933. The summed E-state index contributed by atoms with van der Waals surface area (Å²) in [6.45, 7) is 8.08. The number of rotatable bonds is 8. The van der Waals surface area contributed by atoms with Gasteiger partial charge in [0, 0.05) is 0 Å². The summed E-state index contributed by atoms with van der Waals surface area (Å²) in [7, 11) is 0. The highest BCUT2D eigenvalue weighted by Gasteiger charge is 2.43. The number of ether oxygens (including phenoxy) is 2. The van der Waals surface area contributed by atoms with Crippen LogP contribution in [0, 0.1) is 5.92 Å². The lowest BCUT2D eigenvalue weighted by Gasteiger charge is -2.29. The minimum absolute atomic E-state index is 0.291. The molecule has 1 aromatic rings. The van der Waals surface area contributed by atoms with Crippen LogP contribution in [0.3, 0.4) is 0 Å². The smallest absolute Gasteiger partial charge is 0.338 e. The molecule has 5 heteroatoms. The van der Waals surface area contributed by atoms with Crippen LogP contribution in [0.1, 0.15) is 40.2 Å². The topological polar surface area (TPSA) is 72.8 Å². The van der Waals surface area contributed by atoms with Crippen molar-refractivity contribution in [1.82, 2.24) is 0 Å². The van der Waals surface area contributed by atoms with Gasteiger partial charge in [0.05, 0.1) is 18.6 Å². The number of aliphatic hydroxyl groups is 1. The standard InChI is InChI=1S/C18H26O5/c1-12(2)23-17(20)18(5,21)13(3)16(19)14(4)22-11-15-9-7-6-8-10-15/h6-10,12-14,21H,11H2,1-5H3/t13-,14+,18-/m1/s1. The Bertz CT molecular complexity index is 521. The highest BCUT2D eigenvalue weighted by molar-refractivity contribution is 5.92. The summed E-state index contributed by atoms with van der Waals surface area (Å²) in [5.74, 6) is -2.07. The first kappa shape index (κ1) is 19.3. The molecule has 0 bridgehead atoms. The highest BCUT2D eigenvalue weighted by Crippen LogP contribution is 2.23. The molecule has 0 radical (unpaired) electrons. The Balaban J connectivity index is 2.65. The van der Waals surface area contributed by atoms with Gasteiger partial charge in [0.15, 0.2) is 11.4 Å². The molecular formula is C18H26O5. The van der Waals surface area contributed by atoms with E-state index in [-0.39, 0.29) is 11.9 Å². The zero-order valence-corrected chi connectivity index (χ0v) is 14.4. The van der Waals surface area contributed by atoms with Gasteiger partial charge in [-0.25, -0.2) is 4.79 Å². The van der Waals surface area contributed by atoms with E-state index in [2.05, 4.69) is 0 Å². The van der Waals surface area contributed by atoms with Gasteiger partial charge in [-0.05, 0) is 33.3 Å². The van der Waals surface area contributed by atoms with Crippen molar-refractivity contribution in [3.8, 4) is 0 Å². The van der Waals surface area contributed by atoms with E-state index in [9.17, 15) is 14.7 Å². The Morgan fingerprint density at radius 3 is 2.22 bits per heavy atom. The van der Waals surface area contributed by atoms with E-state index in [0.717, 1.165) is 5.56 Å². The summed E-state index contributed by atoms with van der Waals surface area (Å²) < 4.78 is 10.6. The molecule has 3 atom stereocenters. The van der Waals surface area contributed by atoms with Gasteiger partial charge in [-0.1, -0.05) is 37.3 Å². The Kier molecular flexibility index (Phi) is 6.91. The molecule has 0 amide bonds. The van der Waals surface area contributed by atoms with Crippen molar-refractivity contribution in [2.75, 3.05) is 0 Å². The third-order valence-corrected chi connectivity index (χ3v) is 3.77. The highest BCUT2D eigenvalue weighted by atomic mass is 16.6. The zero-order valence-electron chi connectivity index (χ0n) is 14.4. The third kappa shape index (κ3) is 5.44. The van der Waals surface area contributed by atoms with Crippen LogP contribution in [0.25, 0.3) is 0 Å². The SMILES string of the molecule is CC(C)OC(=O)[C@](C)(O)[C@H](C)C(=O)[C@H](C)OCc1ccccc1. The molecule has 0 heterocycles. The monoisotopic (exact) mass is 322 g/mol. The molecule has 0 fully saturated rings. The lowest BCUT2D eigenvalue weighted by Crippen LogP contribution is -2.49. The number of hydrogen-bond acceptors (Lipinski definition) is 5. The van der Waals surface area contributed by atoms with Crippen LogP contribution >= 0.6 is 0 Å². The fourth-order valence-electron chi connectivity index (χ4n) is 2.02. The maximum atomic E-state index is 12.4. The number of carbonyl (C=O) groups is 2. The van der Waals surface area contributed by atoms with E-state index < -0.39 is 23.6 Å². The van der Waals surface area contributed by atoms with Crippen molar-refractivity contribution in [2.24, 2.45) is 5.92 Å². The first-order valence-corrected chi connectivity index (χ1v) is 7.79. The van der Waals surface area contributed by atoms with Gasteiger partial charge in [-0.3, -0.25) is 4.79 Å². The van der Waals surface area contributed by atoms with Gasteiger partial charge in [0.1, 0.15) is 6.10 Å². The molecule has 0 aliphatic carbocycles. The van der Waals surface area contributed by atoms with E-state index in [0.29, 0.717) is 6.61 Å². The van der Waals surface area contributed by atoms with Crippen molar-refractivity contribution in [2.45, 2.75) is 59.0 Å². The van der Waals surface area contributed by atoms with Gasteiger partial charge >= 0.3 is 5.97 Å². The van der Waals surface area contributed by atoms with Gasteiger partial charge in [-0.15, -0.1) is 0 Å². The molecule has 1 N–H and O–H groups in total. The van der Waals surface area contributed by atoms with Gasteiger partial charge in [-0.2, -0.15) is 0 Å². The summed E-state index contributed by atoms with van der Waals surface area (Å²) in [6, 6.07) is 9.48. The average Bonchev–Trinajstić information content (AvgIpc) is 2.51. The lowest BCUT2D eigenvalue weighted by molar-refractivity contribution is -0.176. The van der Waals surface area contributed by atoms with E-state index in [1.165, 1.54) is 13.8 Å². The molecule has 0 aliphatic rings. The van der Waals surface area contributed by atoms with E-state index >= 15 is 0 Å². The summed E-state index contributed by atoms with van der Waals surface area (Å²) >= 11 is 0. The zero-order chi connectivity index (χ0) is 17.6. The molecule has 0 aliphatic heterocycles. The van der Waals surface area contributed by atoms with Crippen molar-refractivity contribution in [3.63, 3.8) is 0 Å². The van der Waals surface area contributed by atoms with Gasteiger partial charge in [0.25, 0.3) is 0 Å². The van der Waals surface area contributed by atoms with Gasteiger partial charge < -0.3 is 14.6 Å². The van der Waals surface area contributed by atoms with Crippen LogP contribution in [0.15, 0.2) is 30.3 Å². The number of hydrogen-bond donors (Lipinski definition) is 1. The molecular weight excluding hydrogens is 296 g/mol. The second kappa shape index (κ2) is 8.22. The number of Topliss-reactive ketones (excluding diaryl/α,β-unsaturated/α-hetero) is 1. The molecule has 0 spiro atoms. The minimum Gasteiger partial charge on any atom is -0.461 e. The molecule has 0 saturated carbocycles. The van der Waals surface area contributed by atoms with Crippen molar-refractivity contribution in [3.05, 3.63) is 35.9 Å². The molecule has 1 rings (SSSR count). The Labute approximate surface area is 137 Å². The predicted molar refractivity (Wildman–Crippen MR) is 86.7 cm³/mol. The Morgan fingerprint density at radius 1 is 1.13 bits per heavy atom. The largest absolute Gasteiger partial charge is 0.461 e. The third-order valence-electron chi connectivity index (χ3n) is 3.77. The van der Waals surface area contributed by atoms with E-state index in [1.54, 1.807) is 20.8 Å². The van der Waals surface area contributed by atoms with E-state index in [1.807, 2.05) is 30.3 Å². The van der Waals surface area contributed by atoms with Gasteiger partial charge in [0.2, 0.25) is 0 Å². The van der Waals surface area contributed by atoms with Crippen molar-refractivity contribution >= 4 is 11.8 Å². The number of ketones is 1. The van der Waals surface area contributed by atoms with Crippen LogP contribution in [0.2, 0.25) is 0 Å². The second-order valence-corrected chi connectivity index (χ2v) is 6.16. The maximum Gasteiger partial charge on any atom is 0.338 e. The minimum atomic E-state index is -1.88. The fourth-order valence-corrected chi connectivity index (χ4v) is 2.02. The summed E-state index contributed by atoms with van der Waals surface area (Å²) in [5, 5.41) is 10.4. The van der Waals surface area contributed by atoms with Crippen LogP contribution in [-0.4, -0.2) is 34.7 Å². The second-order valence-electron chi connectivity index (χ2n) is 6.16. The quantitative estimate of drug-likeness (QED) is 0.745. The van der Waals surface area contributed by atoms with Crippen molar-refractivity contribution < 1.29 is 24.2 Å². The Morgan fingerprint density at radius 2 is 1.70 bits per heavy atom. The fraction of sp³-hybridized carbons (Fsp3) is 0.556. The summed E-state index contributed by atoms with van der Waals surface area (Å²) in [4.78, 5) is 24.4. The van der Waals surface area contributed by atoms with Crippen LogP contribution < -0.4 is 0 Å². The maximum absolute atomic E-state index is 12.4. The first-order valence-electron chi connectivity index (χ1n) is 7.79. The van der Waals surface area contributed by atoms with Crippen LogP contribution in [-0.2, 0) is 25.7 Å². The predicted octanol–water partition coefficient (Wildman–Crippen LogP) is 2.50. The Hall–Kier alpha value is -1.72. The normalized spacial score (nSPS) is 16.5. The number of benzene rings is 1. The van der Waals surface area contributed by atoms with Crippen molar-refractivity contribution in [1.29, 1.82) is 0 Å². The summed E-state index contributed by atoms with van der Waals surface area (Å²) in [6.07, 6.45) is -1.09. The number of carbonyl (C=O) groups excluding carboxylic acids is 2. The molecule has 1 aromatic carbocycles. The molecule has 0 saturated heterocycles. The number of esters is 1. The molecule has 128 valence electrons. The van der Waals surface area contributed by atoms with E-state index in [4.69, 9.17) is 9.47 Å². The first-order chi connectivity index (χ1) is 10.7. The molecule has 0 aromatic heterocycles. The average molecular weight is 322 g/mol. The lowest BCUT2D eigenvalue weighted by atomic mass is 9.85. The molecule has 5 nitrogen and oxygen atoms in total. The molecule has 0 unspecified atom stereocenters. The molecule has 23 heavy (non-hydrogen) atoms. The van der Waals surface area contributed by atoms with Crippen LogP contribution in [0.4, 0.5) is 0 Å². The van der Waals surface area contributed by atoms with Crippen LogP contribution in [0.5, 0.6) is 0 Å².